The SMILES string of the molecule is CC(C)NC(=O)C1N(CCO)C(=O)[C@@H]2[C@H](C(=O)NCc3ccccc3)[C@]3(C)CCC12O3. The van der Waals surface area contributed by atoms with Crippen LogP contribution in [0.25, 0.3) is 0 Å². The summed E-state index contributed by atoms with van der Waals surface area (Å²) in [5.41, 5.74) is -0.883. The van der Waals surface area contributed by atoms with Crippen molar-refractivity contribution in [2.45, 2.75) is 63.4 Å². The van der Waals surface area contributed by atoms with E-state index < -0.39 is 29.1 Å². The molecule has 8 nitrogen and oxygen atoms in total. The van der Waals surface area contributed by atoms with E-state index >= 15 is 0 Å². The van der Waals surface area contributed by atoms with Gasteiger partial charge in [-0.2, -0.15) is 0 Å². The molecule has 4 rings (SSSR count). The largest absolute Gasteiger partial charge is 0.395 e. The molecule has 5 atom stereocenters. The summed E-state index contributed by atoms with van der Waals surface area (Å²) in [6, 6.07) is 8.62. The normalized spacial score (nSPS) is 33.6. The number of carbonyl (C=O) groups excluding carboxylic acids is 3. The number of benzene rings is 1. The van der Waals surface area contributed by atoms with Crippen LogP contribution in [0.1, 0.15) is 39.2 Å². The Morgan fingerprint density at radius 3 is 2.58 bits per heavy atom. The number of likely N-dealkylation sites (tertiary alicyclic amines) is 1. The molecule has 3 saturated heterocycles. The first-order chi connectivity index (χ1) is 14.7. The van der Waals surface area contributed by atoms with Crippen molar-refractivity contribution in [3.63, 3.8) is 0 Å². The van der Waals surface area contributed by atoms with Gasteiger partial charge in [0.25, 0.3) is 0 Å². The van der Waals surface area contributed by atoms with Crippen molar-refractivity contribution in [2.24, 2.45) is 11.8 Å². The van der Waals surface area contributed by atoms with Crippen LogP contribution in [0.5, 0.6) is 0 Å². The Bertz CT molecular complexity index is 875. The molecular weight excluding hydrogens is 398 g/mol. The number of nitrogens with zero attached hydrogens (tertiary/aromatic N) is 1. The molecular formula is C23H31N3O5. The number of rotatable bonds is 7. The molecule has 1 spiro atoms. The minimum Gasteiger partial charge on any atom is -0.395 e. The third-order valence-electron chi connectivity index (χ3n) is 6.89. The minimum atomic E-state index is -1.05. The highest BCUT2D eigenvalue weighted by molar-refractivity contribution is 5.99. The number of fused-ring (bicyclic) bond motifs is 1. The first-order valence-corrected chi connectivity index (χ1v) is 11.0. The van der Waals surface area contributed by atoms with Crippen LogP contribution in [0, 0.1) is 11.8 Å². The fourth-order valence-electron chi connectivity index (χ4n) is 5.73. The Morgan fingerprint density at radius 2 is 1.94 bits per heavy atom. The van der Waals surface area contributed by atoms with E-state index in [0.717, 1.165) is 5.56 Å². The lowest BCUT2D eigenvalue weighted by Crippen LogP contribution is -2.56. The molecule has 168 valence electrons. The molecule has 0 radical (unpaired) electrons. The molecule has 8 heteroatoms. The number of hydrogen-bond donors (Lipinski definition) is 3. The molecule has 3 aliphatic rings. The molecule has 3 N–H and O–H groups in total. The zero-order chi connectivity index (χ0) is 22.4. The molecule has 0 aliphatic carbocycles. The highest BCUT2D eigenvalue weighted by Crippen LogP contribution is 2.63. The van der Waals surface area contributed by atoms with Gasteiger partial charge in [-0.1, -0.05) is 30.3 Å². The topological polar surface area (TPSA) is 108 Å². The van der Waals surface area contributed by atoms with E-state index in [0.29, 0.717) is 19.4 Å². The first-order valence-electron chi connectivity index (χ1n) is 11.0. The van der Waals surface area contributed by atoms with E-state index in [1.165, 1.54) is 4.90 Å². The average molecular weight is 430 g/mol. The van der Waals surface area contributed by atoms with E-state index in [4.69, 9.17) is 4.74 Å². The van der Waals surface area contributed by atoms with Crippen molar-refractivity contribution >= 4 is 17.7 Å². The molecule has 3 heterocycles. The summed E-state index contributed by atoms with van der Waals surface area (Å²) in [4.78, 5) is 41.3. The van der Waals surface area contributed by atoms with E-state index in [1.807, 2.05) is 51.1 Å². The lowest BCUT2D eigenvalue weighted by atomic mass is 9.66. The Labute approximate surface area is 182 Å². The summed E-state index contributed by atoms with van der Waals surface area (Å²) in [5.74, 6) is -2.25. The summed E-state index contributed by atoms with van der Waals surface area (Å²) >= 11 is 0. The number of nitrogens with one attached hydrogen (secondary N) is 2. The summed E-state index contributed by atoms with van der Waals surface area (Å²) < 4.78 is 6.45. The van der Waals surface area contributed by atoms with Gasteiger partial charge in [-0.25, -0.2) is 0 Å². The summed E-state index contributed by atoms with van der Waals surface area (Å²) in [6.45, 7) is 5.71. The van der Waals surface area contributed by atoms with Gasteiger partial charge in [0.05, 0.1) is 24.0 Å². The number of aliphatic hydroxyl groups is 1. The lowest BCUT2D eigenvalue weighted by Gasteiger charge is -2.33. The summed E-state index contributed by atoms with van der Waals surface area (Å²) in [5, 5.41) is 15.4. The molecule has 1 aromatic carbocycles. The summed E-state index contributed by atoms with van der Waals surface area (Å²) in [6.07, 6.45) is 1.12. The van der Waals surface area contributed by atoms with Gasteiger partial charge in [0.15, 0.2) is 0 Å². The van der Waals surface area contributed by atoms with Crippen LogP contribution in [-0.2, 0) is 25.7 Å². The molecule has 31 heavy (non-hydrogen) atoms. The van der Waals surface area contributed by atoms with Gasteiger partial charge >= 0.3 is 0 Å². The number of aliphatic hydroxyl groups excluding tert-OH is 1. The molecule has 3 aliphatic heterocycles. The molecule has 1 aromatic rings. The van der Waals surface area contributed by atoms with Gasteiger partial charge in [-0.05, 0) is 39.2 Å². The molecule has 3 fully saturated rings. The Hall–Kier alpha value is -2.45. The van der Waals surface area contributed by atoms with Gasteiger partial charge in [0, 0.05) is 19.1 Å². The van der Waals surface area contributed by atoms with Crippen molar-refractivity contribution < 1.29 is 24.2 Å². The third-order valence-corrected chi connectivity index (χ3v) is 6.89. The predicted octanol–water partition coefficient (Wildman–Crippen LogP) is 0.584. The van der Waals surface area contributed by atoms with Crippen LogP contribution in [0.3, 0.4) is 0 Å². The fraction of sp³-hybridized carbons (Fsp3) is 0.609. The van der Waals surface area contributed by atoms with Crippen molar-refractivity contribution in [3.05, 3.63) is 35.9 Å². The quantitative estimate of drug-likeness (QED) is 0.588. The number of carbonyl (C=O) groups is 3. The van der Waals surface area contributed by atoms with Gasteiger partial charge in [0.1, 0.15) is 11.6 Å². The monoisotopic (exact) mass is 429 g/mol. The van der Waals surface area contributed by atoms with Crippen molar-refractivity contribution in [1.29, 1.82) is 0 Å². The predicted molar refractivity (Wildman–Crippen MR) is 113 cm³/mol. The molecule has 3 amide bonds. The number of β-amino-alcohol motifs (C(OH)–C–C–N with tert-alkyl or cyclic N) is 1. The van der Waals surface area contributed by atoms with E-state index in [1.54, 1.807) is 0 Å². The molecule has 2 unspecified atom stereocenters. The Kier molecular flexibility index (Phi) is 5.55. The number of amides is 3. The minimum absolute atomic E-state index is 0.0334. The smallest absolute Gasteiger partial charge is 0.246 e. The second-order valence-corrected chi connectivity index (χ2v) is 9.35. The number of ether oxygens (including phenoxy) is 1. The van der Waals surface area contributed by atoms with Crippen molar-refractivity contribution in [2.75, 3.05) is 13.2 Å². The zero-order valence-corrected chi connectivity index (χ0v) is 18.3. The van der Waals surface area contributed by atoms with Crippen LogP contribution >= 0.6 is 0 Å². The van der Waals surface area contributed by atoms with Crippen molar-refractivity contribution in [3.8, 4) is 0 Å². The standard InChI is InChI=1S/C23H31N3O5/c1-14(2)25-20(29)18-23-10-9-22(3,31-23)16(17(23)21(30)26(18)11-12-27)19(28)24-13-15-7-5-4-6-8-15/h4-8,14,16-18,27H,9-13H2,1-3H3,(H,24,28)(H,25,29)/t16-,17+,18?,22+,23?/m1/s1. The van der Waals surface area contributed by atoms with Crippen LogP contribution in [0.2, 0.25) is 0 Å². The van der Waals surface area contributed by atoms with Crippen molar-refractivity contribution in [1.82, 2.24) is 15.5 Å². The van der Waals surface area contributed by atoms with Crippen LogP contribution < -0.4 is 10.6 Å². The number of hydrogen-bond acceptors (Lipinski definition) is 5. The van der Waals surface area contributed by atoms with E-state index in [2.05, 4.69) is 10.6 Å². The fourth-order valence-corrected chi connectivity index (χ4v) is 5.73. The maximum Gasteiger partial charge on any atom is 0.246 e. The maximum atomic E-state index is 13.5. The van der Waals surface area contributed by atoms with Crippen LogP contribution in [0.15, 0.2) is 30.3 Å². The Balaban J connectivity index is 1.64. The van der Waals surface area contributed by atoms with E-state index in [-0.39, 0.29) is 36.9 Å². The molecule has 0 aromatic heterocycles. The third kappa shape index (κ3) is 3.42. The summed E-state index contributed by atoms with van der Waals surface area (Å²) in [7, 11) is 0. The first kappa shape index (κ1) is 21.8. The molecule has 0 saturated carbocycles. The highest BCUT2D eigenvalue weighted by atomic mass is 16.5. The maximum absolute atomic E-state index is 13.5. The van der Waals surface area contributed by atoms with Crippen LogP contribution in [-0.4, -0.2) is 64.2 Å². The molecule has 2 bridgehead atoms. The van der Waals surface area contributed by atoms with E-state index in [9.17, 15) is 19.5 Å². The van der Waals surface area contributed by atoms with Gasteiger partial charge in [-0.15, -0.1) is 0 Å². The second-order valence-electron chi connectivity index (χ2n) is 9.35. The van der Waals surface area contributed by atoms with Gasteiger partial charge in [-0.3, -0.25) is 14.4 Å². The van der Waals surface area contributed by atoms with Crippen LogP contribution in [0.4, 0.5) is 0 Å². The average Bonchev–Trinajstić information content (AvgIpc) is 3.28. The lowest BCUT2D eigenvalue weighted by molar-refractivity contribution is -0.146. The Morgan fingerprint density at radius 1 is 1.23 bits per heavy atom. The highest BCUT2D eigenvalue weighted by Gasteiger charge is 2.77. The van der Waals surface area contributed by atoms with Gasteiger partial charge in [0.2, 0.25) is 17.7 Å². The van der Waals surface area contributed by atoms with Gasteiger partial charge < -0.3 is 25.4 Å². The second kappa shape index (κ2) is 7.91. The zero-order valence-electron chi connectivity index (χ0n) is 18.3.